The first kappa shape index (κ1) is 11.5. The molecule has 6 heteroatoms. The first-order chi connectivity index (χ1) is 9.13. The second kappa shape index (κ2) is 4.24. The van der Waals surface area contributed by atoms with Crippen molar-refractivity contribution in [3.05, 3.63) is 35.9 Å². The van der Waals surface area contributed by atoms with Crippen molar-refractivity contribution in [3.8, 4) is 28.8 Å². The van der Waals surface area contributed by atoms with Crippen LogP contribution in [0.2, 0.25) is 0 Å². The standard InChI is InChI=1S/C13H11N3O3/c1-7-11(18-8(2)14-7)13-15-12(16-19-13)9-3-5-10(17)6-4-9/h3-6,17H,1-2H3. The van der Waals surface area contributed by atoms with Gasteiger partial charge in [-0.1, -0.05) is 5.16 Å². The van der Waals surface area contributed by atoms with E-state index in [4.69, 9.17) is 8.94 Å². The average molecular weight is 257 g/mol. The van der Waals surface area contributed by atoms with Crippen LogP contribution in [0.15, 0.2) is 33.2 Å². The van der Waals surface area contributed by atoms with Gasteiger partial charge in [0.25, 0.3) is 5.89 Å². The van der Waals surface area contributed by atoms with Crippen LogP contribution in [-0.4, -0.2) is 20.2 Å². The summed E-state index contributed by atoms with van der Waals surface area (Å²) >= 11 is 0. The van der Waals surface area contributed by atoms with Gasteiger partial charge in [0.05, 0.1) is 5.69 Å². The van der Waals surface area contributed by atoms with Crippen molar-refractivity contribution in [2.24, 2.45) is 0 Å². The van der Waals surface area contributed by atoms with Gasteiger partial charge in [0.15, 0.2) is 5.89 Å². The molecule has 0 aliphatic carbocycles. The number of phenolic OH excluding ortho intramolecular Hbond substituents is 1. The van der Waals surface area contributed by atoms with Crippen molar-refractivity contribution in [2.75, 3.05) is 0 Å². The monoisotopic (exact) mass is 257 g/mol. The molecule has 0 saturated carbocycles. The summed E-state index contributed by atoms with van der Waals surface area (Å²) in [6.07, 6.45) is 0. The largest absolute Gasteiger partial charge is 0.508 e. The number of rotatable bonds is 2. The van der Waals surface area contributed by atoms with Crippen LogP contribution in [0.4, 0.5) is 0 Å². The van der Waals surface area contributed by atoms with Crippen LogP contribution >= 0.6 is 0 Å². The second-order valence-corrected chi connectivity index (χ2v) is 4.12. The number of aromatic hydroxyl groups is 1. The lowest BCUT2D eigenvalue weighted by Crippen LogP contribution is -1.81. The normalized spacial score (nSPS) is 10.8. The maximum atomic E-state index is 9.24. The Morgan fingerprint density at radius 2 is 1.79 bits per heavy atom. The molecule has 0 unspecified atom stereocenters. The van der Waals surface area contributed by atoms with Gasteiger partial charge in [0, 0.05) is 12.5 Å². The summed E-state index contributed by atoms with van der Waals surface area (Å²) in [5.74, 6) is 1.95. The molecule has 0 aliphatic heterocycles. The summed E-state index contributed by atoms with van der Waals surface area (Å²) in [5.41, 5.74) is 1.46. The molecule has 0 bridgehead atoms. The third-order valence-corrected chi connectivity index (χ3v) is 2.65. The van der Waals surface area contributed by atoms with Gasteiger partial charge in [-0.25, -0.2) is 4.98 Å². The van der Waals surface area contributed by atoms with E-state index in [2.05, 4.69) is 15.1 Å². The number of hydrogen-bond acceptors (Lipinski definition) is 6. The van der Waals surface area contributed by atoms with Gasteiger partial charge in [-0.15, -0.1) is 0 Å². The molecule has 0 spiro atoms. The number of aryl methyl sites for hydroxylation is 2. The summed E-state index contributed by atoms with van der Waals surface area (Å²) in [5, 5.41) is 13.1. The van der Waals surface area contributed by atoms with Crippen molar-refractivity contribution in [2.45, 2.75) is 13.8 Å². The molecule has 6 nitrogen and oxygen atoms in total. The van der Waals surface area contributed by atoms with Crippen LogP contribution in [0.3, 0.4) is 0 Å². The molecule has 0 fully saturated rings. The second-order valence-electron chi connectivity index (χ2n) is 4.12. The van der Waals surface area contributed by atoms with E-state index in [1.165, 1.54) is 0 Å². The molecule has 1 N–H and O–H groups in total. The molecule has 0 saturated heterocycles. The molecule has 19 heavy (non-hydrogen) atoms. The van der Waals surface area contributed by atoms with Gasteiger partial charge in [0.1, 0.15) is 5.75 Å². The van der Waals surface area contributed by atoms with E-state index in [9.17, 15) is 5.11 Å². The molecular weight excluding hydrogens is 246 g/mol. The fraction of sp³-hybridized carbons (Fsp3) is 0.154. The van der Waals surface area contributed by atoms with E-state index < -0.39 is 0 Å². The van der Waals surface area contributed by atoms with Crippen molar-refractivity contribution in [1.29, 1.82) is 0 Å². The summed E-state index contributed by atoms with van der Waals surface area (Å²) < 4.78 is 10.6. The molecule has 0 aliphatic rings. The molecule has 3 rings (SSSR count). The predicted octanol–water partition coefficient (Wildman–Crippen LogP) is 2.71. The van der Waals surface area contributed by atoms with Gasteiger partial charge in [-0.3, -0.25) is 0 Å². The molecule has 0 radical (unpaired) electrons. The van der Waals surface area contributed by atoms with E-state index in [-0.39, 0.29) is 5.75 Å². The van der Waals surface area contributed by atoms with Crippen molar-refractivity contribution in [3.63, 3.8) is 0 Å². The first-order valence-corrected chi connectivity index (χ1v) is 5.71. The molecule has 96 valence electrons. The summed E-state index contributed by atoms with van der Waals surface area (Å²) in [6.45, 7) is 3.57. The van der Waals surface area contributed by atoms with Gasteiger partial charge in [-0.2, -0.15) is 4.98 Å². The van der Waals surface area contributed by atoms with E-state index in [1.54, 1.807) is 31.2 Å². The van der Waals surface area contributed by atoms with E-state index in [0.717, 1.165) is 5.56 Å². The average Bonchev–Trinajstić information content (AvgIpc) is 2.97. The van der Waals surface area contributed by atoms with Crippen LogP contribution in [0.5, 0.6) is 5.75 Å². The van der Waals surface area contributed by atoms with Crippen LogP contribution in [0.1, 0.15) is 11.6 Å². The Balaban J connectivity index is 1.99. The lowest BCUT2D eigenvalue weighted by Gasteiger charge is -1.93. The number of aromatic nitrogens is 3. The molecule has 0 amide bonds. The van der Waals surface area contributed by atoms with E-state index in [0.29, 0.717) is 29.1 Å². The zero-order chi connectivity index (χ0) is 13.4. The van der Waals surface area contributed by atoms with Crippen molar-refractivity contribution in [1.82, 2.24) is 15.1 Å². The van der Waals surface area contributed by atoms with Crippen LogP contribution in [-0.2, 0) is 0 Å². The molecule has 2 heterocycles. The maximum absolute atomic E-state index is 9.24. The topological polar surface area (TPSA) is 85.2 Å². The van der Waals surface area contributed by atoms with Gasteiger partial charge in [-0.05, 0) is 31.2 Å². The van der Waals surface area contributed by atoms with Gasteiger partial charge in [0.2, 0.25) is 11.6 Å². The summed E-state index contributed by atoms with van der Waals surface area (Å²) in [7, 11) is 0. The first-order valence-electron chi connectivity index (χ1n) is 5.71. The Bertz CT molecular complexity index is 713. The summed E-state index contributed by atoms with van der Waals surface area (Å²) in [4.78, 5) is 8.41. The van der Waals surface area contributed by atoms with Crippen molar-refractivity contribution >= 4 is 0 Å². The molecule has 1 aromatic carbocycles. The van der Waals surface area contributed by atoms with Crippen LogP contribution in [0, 0.1) is 13.8 Å². The fourth-order valence-electron chi connectivity index (χ4n) is 1.77. The quantitative estimate of drug-likeness (QED) is 0.759. The molecule has 0 atom stereocenters. The lowest BCUT2D eigenvalue weighted by atomic mass is 10.2. The highest BCUT2D eigenvalue weighted by molar-refractivity contribution is 5.58. The minimum atomic E-state index is 0.189. The third kappa shape index (κ3) is 2.08. The van der Waals surface area contributed by atoms with Crippen LogP contribution < -0.4 is 0 Å². The highest BCUT2D eigenvalue weighted by atomic mass is 16.5. The molecular formula is C13H11N3O3. The minimum Gasteiger partial charge on any atom is -0.508 e. The number of hydrogen-bond donors (Lipinski definition) is 1. The van der Waals surface area contributed by atoms with Crippen LogP contribution in [0.25, 0.3) is 23.0 Å². The SMILES string of the molecule is Cc1nc(C)c(-c2nc(-c3ccc(O)cc3)no2)o1. The van der Waals surface area contributed by atoms with E-state index in [1.807, 2.05) is 6.92 Å². The zero-order valence-electron chi connectivity index (χ0n) is 10.4. The number of benzene rings is 1. The molecule has 3 aromatic rings. The predicted molar refractivity (Wildman–Crippen MR) is 66.4 cm³/mol. The Morgan fingerprint density at radius 1 is 1.05 bits per heavy atom. The Morgan fingerprint density at radius 3 is 2.42 bits per heavy atom. The highest BCUT2D eigenvalue weighted by Crippen LogP contribution is 2.26. The Kier molecular flexibility index (Phi) is 2.56. The van der Waals surface area contributed by atoms with E-state index >= 15 is 0 Å². The maximum Gasteiger partial charge on any atom is 0.295 e. The lowest BCUT2D eigenvalue weighted by molar-refractivity contribution is 0.413. The Hall–Kier alpha value is -2.63. The van der Waals surface area contributed by atoms with Gasteiger partial charge < -0.3 is 14.0 Å². The molecule has 2 aromatic heterocycles. The smallest absolute Gasteiger partial charge is 0.295 e. The summed E-state index contributed by atoms with van der Waals surface area (Å²) in [6, 6.07) is 6.55. The zero-order valence-corrected chi connectivity index (χ0v) is 10.4. The Labute approximate surface area is 108 Å². The fourth-order valence-corrected chi connectivity index (χ4v) is 1.77. The highest BCUT2D eigenvalue weighted by Gasteiger charge is 2.17. The third-order valence-electron chi connectivity index (χ3n) is 2.65. The number of nitrogens with zero attached hydrogens (tertiary/aromatic N) is 3. The van der Waals surface area contributed by atoms with Gasteiger partial charge >= 0.3 is 0 Å². The minimum absolute atomic E-state index is 0.189. The van der Waals surface area contributed by atoms with Crippen molar-refractivity contribution < 1.29 is 14.0 Å². The number of phenols is 1. The number of oxazole rings is 1.